The molecule has 6 nitrogen and oxygen atoms in total. The molecule has 1 amide bonds. The normalized spacial score (nSPS) is 15.2. The van der Waals surface area contributed by atoms with Gasteiger partial charge in [-0.25, -0.2) is 4.79 Å². The highest BCUT2D eigenvalue weighted by Gasteiger charge is 2.20. The number of nitrogens with zero attached hydrogens (tertiary/aromatic N) is 2. The van der Waals surface area contributed by atoms with Crippen molar-refractivity contribution in [1.82, 2.24) is 4.90 Å². The van der Waals surface area contributed by atoms with Crippen molar-refractivity contribution >= 4 is 23.3 Å². The second-order valence-corrected chi connectivity index (χ2v) is 5.94. The van der Waals surface area contributed by atoms with Crippen molar-refractivity contribution in [2.75, 3.05) is 50.1 Å². The number of anilines is 2. The molecule has 1 aliphatic heterocycles. The Kier molecular flexibility index (Phi) is 6.61. The quantitative estimate of drug-likeness (QED) is 0.810. The maximum Gasteiger partial charge on any atom is 0.337 e. The molecular formula is C18H27N3O3. The molecule has 6 heteroatoms. The number of benzene rings is 1. The Labute approximate surface area is 143 Å². The van der Waals surface area contributed by atoms with Gasteiger partial charge in [-0.05, 0) is 31.2 Å². The number of nitrogens with one attached hydrogen (secondary N) is 1. The van der Waals surface area contributed by atoms with Gasteiger partial charge in [0.25, 0.3) is 0 Å². The summed E-state index contributed by atoms with van der Waals surface area (Å²) in [6, 6.07) is 5.36. The number of carbonyl (C=O) groups excluding carboxylic acids is 2. The molecule has 2 rings (SSSR count). The summed E-state index contributed by atoms with van der Waals surface area (Å²) in [7, 11) is 1.36. The van der Waals surface area contributed by atoms with E-state index in [9.17, 15) is 9.59 Å². The number of piperazine rings is 1. The molecule has 0 radical (unpaired) electrons. The first kappa shape index (κ1) is 18.3. The fourth-order valence-electron chi connectivity index (χ4n) is 2.90. The van der Waals surface area contributed by atoms with Crippen LogP contribution in [-0.2, 0) is 9.53 Å². The highest BCUT2D eigenvalue weighted by molar-refractivity contribution is 5.98. The van der Waals surface area contributed by atoms with E-state index in [0.717, 1.165) is 44.8 Å². The molecule has 0 unspecified atom stereocenters. The Morgan fingerprint density at radius 2 is 1.88 bits per heavy atom. The Morgan fingerprint density at radius 3 is 2.46 bits per heavy atom. The van der Waals surface area contributed by atoms with E-state index in [2.05, 4.69) is 22.0 Å². The zero-order valence-electron chi connectivity index (χ0n) is 14.8. The number of ether oxygens (including phenoxy) is 1. The summed E-state index contributed by atoms with van der Waals surface area (Å²) in [6.45, 7) is 8.99. The molecule has 1 aliphatic rings. The van der Waals surface area contributed by atoms with Crippen LogP contribution in [-0.4, -0.2) is 56.6 Å². The fourth-order valence-corrected chi connectivity index (χ4v) is 2.90. The van der Waals surface area contributed by atoms with Crippen LogP contribution >= 0.6 is 0 Å². The van der Waals surface area contributed by atoms with Crippen LogP contribution in [0.2, 0.25) is 0 Å². The minimum absolute atomic E-state index is 0.0343. The number of hydrogen-bond acceptors (Lipinski definition) is 5. The third-order valence-corrected chi connectivity index (χ3v) is 4.33. The molecule has 1 aromatic rings. The number of amides is 1. The molecule has 132 valence electrons. The second kappa shape index (κ2) is 8.68. The summed E-state index contributed by atoms with van der Waals surface area (Å²) in [4.78, 5) is 28.5. The van der Waals surface area contributed by atoms with Crippen LogP contribution in [0.1, 0.15) is 37.0 Å². The average Bonchev–Trinajstić information content (AvgIpc) is 2.61. The zero-order chi connectivity index (χ0) is 17.5. The number of esters is 1. The summed E-state index contributed by atoms with van der Waals surface area (Å²) in [6.07, 6.45) is 1.25. The second-order valence-electron chi connectivity index (χ2n) is 5.94. The van der Waals surface area contributed by atoms with E-state index < -0.39 is 5.97 Å². The lowest BCUT2D eigenvalue weighted by Crippen LogP contribution is -2.46. The predicted octanol–water partition coefficient (Wildman–Crippen LogP) is 2.35. The molecule has 0 saturated carbocycles. The van der Waals surface area contributed by atoms with Crippen molar-refractivity contribution in [2.24, 2.45) is 0 Å². The lowest BCUT2D eigenvalue weighted by molar-refractivity contribution is -0.116. The molecular weight excluding hydrogens is 306 g/mol. The van der Waals surface area contributed by atoms with Crippen molar-refractivity contribution in [3.63, 3.8) is 0 Å². The first-order valence-electron chi connectivity index (χ1n) is 8.58. The molecule has 0 spiro atoms. The van der Waals surface area contributed by atoms with E-state index in [1.807, 2.05) is 13.0 Å². The van der Waals surface area contributed by atoms with E-state index in [1.54, 1.807) is 12.1 Å². The topological polar surface area (TPSA) is 61.9 Å². The standard InChI is InChI=1S/C18H27N3O3/c1-4-6-17(22)19-15-13-14(18(23)24-3)7-8-16(15)21-11-9-20(5-2)10-12-21/h7-8,13H,4-6,9-12H2,1-3H3,(H,19,22). The molecule has 0 atom stereocenters. The molecule has 0 bridgehead atoms. The Balaban J connectivity index is 2.25. The van der Waals surface area contributed by atoms with Gasteiger partial charge in [-0.2, -0.15) is 0 Å². The number of hydrogen-bond donors (Lipinski definition) is 1. The van der Waals surface area contributed by atoms with Crippen LogP contribution in [0.3, 0.4) is 0 Å². The van der Waals surface area contributed by atoms with Crippen molar-refractivity contribution in [1.29, 1.82) is 0 Å². The van der Waals surface area contributed by atoms with Crippen LogP contribution in [0.25, 0.3) is 0 Å². The minimum atomic E-state index is -0.400. The Morgan fingerprint density at radius 1 is 1.17 bits per heavy atom. The summed E-state index contributed by atoms with van der Waals surface area (Å²) in [5, 5.41) is 2.95. The van der Waals surface area contributed by atoms with E-state index in [-0.39, 0.29) is 5.91 Å². The van der Waals surface area contributed by atoms with E-state index in [1.165, 1.54) is 7.11 Å². The lowest BCUT2D eigenvalue weighted by atomic mass is 10.1. The largest absolute Gasteiger partial charge is 0.465 e. The van der Waals surface area contributed by atoms with Gasteiger partial charge >= 0.3 is 5.97 Å². The van der Waals surface area contributed by atoms with Crippen LogP contribution in [0.4, 0.5) is 11.4 Å². The summed E-state index contributed by atoms with van der Waals surface area (Å²) >= 11 is 0. The van der Waals surface area contributed by atoms with Crippen LogP contribution in [0.5, 0.6) is 0 Å². The van der Waals surface area contributed by atoms with E-state index in [0.29, 0.717) is 17.7 Å². The van der Waals surface area contributed by atoms with Gasteiger partial charge in [0.15, 0.2) is 0 Å². The van der Waals surface area contributed by atoms with E-state index >= 15 is 0 Å². The van der Waals surface area contributed by atoms with Crippen molar-refractivity contribution in [3.8, 4) is 0 Å². The third kappa shape index (κ3) is 4.47. The van der Waals surface area contributed by atoms with Crippen molar-refractivity contribution in [2.45, 2.75) is 26.7 Å². The van der Waals surface area contributed by atoms with Gasteiger partial charge in [0, 0.05) is 32.6 Å². The van der Waals surface area contributed by atoms with Crippen LogP contribution in [0, 0.1) is 0 Å². The third-order valence-electron chi connectivity index (χ3n) is 4.33. The average molecular weight is 333 g/mol. The zero-order valence-corrected chi connectivity index (χ0v) is 14.8. The summed E-state index contributed by atoms with van der Waals surface area (Å²) in [5.74, 6) is -0.434. The number of likely N-dealkylation sites (N-methyl/N-ethyl adjacent to an activating group) is 1. The molecule has 1 heterocycles. The Hall–Kier alpha value is -2.08. The van der Waals surface area contributed by atoms with Crippen LogP contribution < -0.4 is 10.2 Å². The molecule has 0 aliphatic carbocycles. The van der Waals surface area contributed by atoms with Gasteiger partial charge in [-0.3, -0.25) is 4.79 Å². The number of rotatable bonds is 6. The lowest BCUT2D eigenvalue weighted by Gasteiger charge is -2.36. The highest BCUT2D eigenvalue weighted by Crippen LogP contribution is 2.29. The molecule has 0 aromatic heterocycles. The first-order chi connectivity index (χ1) is 11.6. The molecule has 24 heavy (non-hydrogen) atoms. The monoisotopic (exact) mass is 333 g/mol. The predicted molar refractivity (Wildman–Crippen MR) is 95.6 cm³/mol. The van der Waals surface area contributed by atoms with Gasteiger partial charge in [-0.15, -0.1) is 0 Å². The van der Waals surface area contributed by atoms with Crippen molar-refractivity contribution < 1.29 is 14.3 Å². The molecule has 1 aromatic carbocycles. The molecule has 1 N–H and O–H groups in total. The number of methoxy groups -OCH3 is 1. The maximum absolute atomic E-state index is 12.0. The van der Waals surface area contributed by atoms with Gasteiger partial charge < -0.3 is 19.9 Å². The maximum atomic E-state index is 12.0. The Bertz CT molecular complexity index is 581. The van der Waals surface area contributed by atoms with E-state index in [4.69, 9.17) is 4.74 Å². The van der Waals surface area contributed by atoms with Crippen molar-refractivity contribution in [3.05, 3.63) is 23.8 Å². The van der Waals surface area contributed by atoms with Gasteiger partial charge in [0.1, 0.15) is 0 Å². The highest BCUT2D eigenvalue weighted by atomic mass is 16.5. The smallest absolute Gasteiger partial charge is 0.337 e. The van der Waals surface area contributed by atoms with Gasteiger partial charge in [-0.1, -0.05) is 13.8 Å². The van der Waals surface area contributed by atoms with Crippen LogP contribution in [0.15, 0.2) is 18.2 Å². The minimum Gasteiger partial charge on any atom is -0.465 e. The number of carbonyl (C=O) groups is 2. The SMILES string of the molecule is CCCC(=O)Nc1cc(C(=O)OC)ccc1N1CCN(CC)CC1. The molecule has 1 fully saturated rings. The summed E-state index contributed by atoms with van der Waals surface area (Å²) in [5.41, 5.74) is 2.09. The van der Waals surface area contributed by atoms with Gasteiger partial charge in [0.05, 0.1) is 24.0 Å². The van der Waals surface area contributed by atoms with Gasteiger partial charge in [0.2, 0.25) is 5.91 Å². The molecule has 1 saturated heterocycles. The fraction of sp³-hybridized carbons (Fsp3) is 0.556. The first-order valence-corrected chi connectivity index (χ1v) is 8.58. The summed E-state index contributed by atoms with van der Waals surface area (Å²) < 4.78 is 4.79.